The van der Waals surface area contributed by atoms with Crippen LogP contribution >= 0.6 is 0 Å². The largest absolute Gasteiger partial charge is 0.478 e. The Balaban J connectivity index is 2.21. The number of hydrogen-bond acceptors (Lipinski definition) is 3. The number of hydrogen-bond donors (Lipinski definition) is 0. The van der Waals surface area contributed by atoms with Gasteiger partial charge in [-0.1, -0.05) is 18.2 Å². The van der Waals surface area contributed by atoms with Crippen molar-refractivity contribution in [2.45, 2.75) is 25.4 Å². The smallest absolute Gasteiger partial charge is 0.347 e. The highest BCUT2D eigenvalue weighted by molar-refractivity contribution is 5.75. The molecule has 0 aliphatic carbocycles. The lowest BCUT2D eigenvalue weighted by molar-refractivity contribution is -0.149. The number of para-hydroxylation sites is 1. The molecule has 0 bridgehead atoms. The van der Waals surface area contributed by atoms with E-state index in [4.69, 9.17) is 9.47 Å². The van der Waals surface area contributed by atoms with Crippen molar-refractivity contribution in [1.82, 2.24) is 0 Å². The molecule has 1 aromatic rings. The van der Waals surface area contributed by atoms with E-state index in [0.29, 0.717) is 0 Å². The molecule has 80 valence electrons. The molecule has 15 heavy (non-hydrogen) atoms. The van der Waals surface area contributed by atoms with Crippen LogP contribution in [0.25, 0.3) is 0 Å². The van der Waals surface area contributed by atoms with Gasteiger partial charge in [-0.05, 0) is 30.9 Å². The van der Waals surface area contributed by atoms with Crippen LogP contribution in [-0.2, 0) is 16.0 Å². The number of ether oxygens (including phenoxy) is 2. The van der Waals surface area contributed by atoms with Gasteiger partial charge in [0.2, 0.25) is 0 Å². The van der Waals surface area contributed by atoms with E-state index in [-0.39, 0.29) is 5.97 Å². The van der Waals surface area contributed by atoms with Crippen molar-refractivity contribution >= 4 is 5.97 Å². The van der Waals surface area contributed by atoms with Gasteiger partial charge in [-0.2, -0.15) is 0 Å². The monoisotopic (exact) mass is 206 g/mol. The van der Waals surface area contributed by atoms with Crippen molar-refractivity contribution in [3.05, 3.63) is 29.8 Å². The van der Waals surface area contributed by atoms with Crippen LogP contribution < -0.4 is 4.74 Å². The van der Waals surface area contributed by atoms with Crippen molar-refractivity contribution in [2.75, 3.05) is 7.11 Å². The van der Waals surface area contributed by atoms with Crippen LogP contribution in [0.3, 0.4) is 0 Å². The molecule has 1 heterocycles. The molecule has 0 saturated carbocycles. The lowest BCUT2D eigenvalue weighted by Gasteiger charge is -2.14. The Morgan fingerprint density at radius 2 is 2.27 bits per heavy atom. The molecule has 0 fully saturated rings. The second-order valence-corrected chi connectivity index (χ2v) is 3.63. The molecule has 0 amide bonds. The standard InChI is InChI=1S/C12H14O3/c1-14-12(13)11-8-4-6-9-5-2-3-7-10(9)15-11/h2-3,5,7,11H,4,6,8H2,1H3/t11-/m1/s1. The van der Waals surface area contributed by atoms with E-state index in [1.54, 1.807) is 0 Å². The molecule has 1 aliphatic rings. The first kappa shape index (κ1) is 10.0. The summed E-state index contributed by atoms with van der Waals surface area (Å²) in [5, 5.41) is 0. The Morgan fingerprint density at radius 3 is 3.07 bits per heavy atom. The van der Waals surface area contributed by atoms with Crippen LogP contribution in [0.15, 0.2) is 24.3 Å². The SMILES string of the molecule is COC(=O)[C@H]1CCCc2ccccc2O1. The maximum atomic E-state index is 11.4. The van der Waals surface area contributed by atoms with Gasteiger partial charge in [0.1, 0.15) is 5.75 Å². The summed E-state index contributed by atoms with van der Waals surface area (Å²) in [7, 11) is 1.39. The average Bonchev–Trinajstić information content (AvgIpc) is 2.49. The fourth-order valence-electron chi connectivity index (χ4n) is 1.81. The Hall–Kier alpha value is -1.51. The van der Waals surface area contributed by atoms with E-state index in [2.05, 4.69) is 0 Å². The van der Waals surface area contributed by atoms with E-state index in [1.165, 1.54) is 12.7 Å². The number of carbonyl (C=O) groups excluding carboxylic acids is 1. The number of benzene rings is 1. The minimum atomic E-state index is -0.446. The zero-order valence-electron chi connectivity index (χ0n) is 8.73. The van der Waals surface area contributed by atoms with Crippen molar-refractivity contribution in [3.8, 4) is 5.75 Å². The third-order valence-electron chi connectivity index (χ3n) is 2.62. The Bertz CT molecular complexity index is 360. The topological polar surface area (TPSA) is 35.5 Å². The molecule has 3 nitrogen and oxygen atoms in total. The minimum absolute atomic E-state index is 0.285. The highest BCUT2D eigenvalue weighted by Crippen LogP contribution is 2.26. The van der Waals surface area contributed by atoms with Gasteiger partial charge in [-0.3, -0.25) is 0 Å². The molecule has 3 heteroatoms. The van der Waals surface area contributed by atoms with Crippen LogP contribution in [0.4, 0.5) is 0 Å². The second-order valence-electron chi connectivity index (χ2n) is 3.63. The van der Waals surface area contributed by atoms with E-state index < -0.39 is 6.10 Å². The Morgan fingerprint density at radius 1 is 1.47 bits per heavy atom. The molecule has 0 N–H and O–H groups in total. The molecule has 0 unspecified atom stereocenters. The number of methoxy groups -OCH3 is 1. The summed E-state index contributed by atoms with van der Waals surface area (Å²) in [5.41, 5.74) is 1.17. The molecule has 0 spiro atoms. The quantitative estimate of drug-likeness (QED) is 0.659. The molecule has 0 radical (unpaired) electrons. The van der Waals surface area contributed by atoms with Crippen LogP contribution in [0, 0.1) is 0 Å². The molecular formula is C12H14O3. The summed E-state index contributed by atoms with van der Waals surface area (Å²) in [6.45, 7) is 0. The van der Waals surface area contributed by atoms with E-state index >= 15 is 0 Å². The number of aryl methyl sites for hydroxylation is 1. The summed E-state index contributed by atoms with van der Waals surface area (Å²) in [6.07, 6.45) is 2.19. The highest BCUT2D eigenvalue weighted by Gasteiger charge is 2.24. The van der Waals surface area contributed by atoms with Crippen molar-refractivity contribution < 1.29 is 14.3 Å². The normalized spacial score (nSPS) is 19.7. The van der Waals surface area contributed by atoms with Gasteiger partial charge < -0.3 is 9.47 Å². The number of esters is 1. The first-order valence-corrected chi connectivity index (χ1v) is 5.13. The van der Waals surface area contributed by atoms with Gasteiger partial charge in [0.15, 0.2) is 6.10 Å². The summed E-state index contributed by atoms with van der Waals surface area (Å²) >= 11 is 0. The zero-order chi connectivity index (χ0) is 10.7. The molecule has 2 rings (SSSR count). The Kier molecular flexibility index (Phi) is 2.90. The molecule has 0 saturated heterocycles. The van der Waals surface area contributed by atoms with Crippen molar-refractivity contribution in [3.63, 3.8) is 0 Å². The van der Waals surface area contributed by atoms with Crippen LogP contribution in [0.5, 0.6) is 5.75 Å². The lowest BCUT2D eigenvalue weighted by Crippen LogP contribution is -2.27. The highest BCUT2D eigenvalue weighted by atomic mass is 16.6. The third-order valence-corrected chi connectivity index (χ3v) is 2.62. The first-order chi connectivity index (χ1) is 7.31. The molecular weight excluding hydrogens is 192 g/mol. The van der Waals surface area contributed by atoms with Gasteiger partial charge in [-0.25, -0.2) is 4.79 Å². The first-order valence-electron chi connectivity index (χ1n) is 5.13. The maximum absolute atomic E-state index is 11.4. The van der Waals surface area contributed by atoms with Gasteiger partial charge in [0.05, 0.1) is 7.11 Å². The van der Waals surface area contributed by atoms with Crippen LogP contribution in [-0.4, -0.2) is 19.2 Å². The number of rotatable bonds is 1. The van der Waals surface area contributed by atoms with Gasteiger partial charge in [-0.15, -0.1) is 0 Å². The molecule has 1 aromatic carbocycles. The summed E-state index contributed by atoms with van der Waals surface area (Å²) in [4.78, 5) is 11.4. The second kappa shape index (κ2) is 4.34. The lowest BCUT2D eigenvalue weighted by atomic mass is 10.1. The predicted molar refractivity (Wildman–Crippen MR) is 55.8 cm³/mol. The zero-order valence-corrected chi connectivity index (χ0v) is 8.73. The fraction of sp³-hybridized carbons (Fsp3) is 0.417. The van der Waals surface area contributed by atoms with Crippen LogP contribution in [0.2, 0.25) is 0 Å². The van der Waals surface area contributed by atoms with E-state index in [0.717, 1.165) is 25.0 Å². The number of carbonyl (C=O) groups is 1. The van der Waals surface area contributed by atoms with Crippen molar-refractivity contribution in [2.24, 2.45) is 0 Å². The predicted octanol–water partition coefficient (Wildman–Crippen LogP) is 1.94. The maximum Gasteiger partial charge on any atom is 0.347 e. The van der Waals surface area contributed by atoms with E-state index in [9.17, 15) is 4.79 Å². The summed E-state index contributed by atoms with van der Waals surface area (Å²) < 4.78 is 10.3. The summed E-state index contributed by atoms with van der Waals surface area (Å²) in [6, 6.07) is 7.84. The molecule has 1 atom stereocenters. The Labute approximate surface area is 89.0 Å². The van der Waals surface area contributed by atoms with Gasteiger partial charge in [0, 0.05) is 0 Å². The van der Waals surface area contributed by atoms with E-state index in [1.807, 2.05) is 24.3 Å². The average molecular weight is 206 g/mol. The van der Waals surface area contributed by atoms with Gasteiger partial charge in [0.25, 0.3) is 0 Å². The minimum Gasteiger partial charge on any atom is -0.478 e. The molecule has 0 aromatic heterocycles. The third kappa shape index (κ3) is 2.12. The van der Waals surface area contributed by atoms with Crippen molar-refractivity contribution in [1.29, 1.82) is 0 Å². The fourth-order valence-corrected chi connectivity index (χ4v) is 1.81. The number of fused-ring (bicyclic) bond motifs is 1. The molecule has 1 aliphatic heterocycles. The van der Waals surface area contributed by atoms with Crippen LogP contribution in [0.1, 0.15) is 18.4 Å². The van der Waals surface area contributed by atoms with Gasteiger partial charge >= 0.3 is 5.97 Å². The summed E-state index contributed by atoms with van der Waals surface area (Å²) in [5.74, 6) is 0.525.